The molecule has 0 atom stereocenters. The fraction of sp³-hybridized carbons (Fsp3) is 0. The van der Waals surface area contributed by atoms with Crippen LogP contribution in [0.1, 0.15) is 0 Å². The van der Waals surface area contributed by atoms with Crippen molar-refractivity contribution in [2.45, 2.75) is 0 Å². The van der Waals surface area contributed by atoms with Gasteiger partial charge in [0.15, 0.2) is 0 Å². The maximum absolute atomic E-state index is 6.75. The predicted octanol–water partition coefficient (Wildman–Crippen LogP) is 9.33. The van der Waals surface area contributed by atoms with E-state index in [4.69, 9.17) is 11.6 Å². The quantitative estimate of drug-likeness (QED) is 0.267. The molecule has 148 valence electrons. The molecule has 1 heterocycles. The summed E-state index contributed by atoms with van der Waals surface area (Å²) in [6.07, 6.45) is 0. The molecule has 0 radical (unpaired) electrons. The van der Waals surface area contributed by atoms with E-state index in [-0.39, 0.29) is 0 Å². The Bertz CT molecular complexity index is 1500. The second kappa shape index (κ2) is 7.42. The third-order valence-electron chi connectivity index (χ3n) is 5.69. The van der Waals surface area contributed by atoms with Gasteiger partial charge in [-0.2, -0.15) is 0 Å². The fourth-order valence-electron chi connectivity index (χ4n) is 4.29. The van der Waals surface area contributed by atoms with Gasteiger partial charge in [0.05, 0.1) is 5.02 Å². The lowest BCUT2D eigenvalue weighted by atomic mass is 10.1. The number of benzene rings is 5. The molecule has 0 aliphatic carbocycles. The molecule has 0 saturated heterocycles. The van der Waals surface area contributed by atoms with Gasteiger partial charge in [-0.15, -0.1) is 11.3 Å². The average Bonchev–Trinajstić information content (AvgIpc) is 3.21. The summed E-state index contributed by atoms with van der Waals surface area (Å²) < 4.78 is 2.49. The smallest absolute Gasteiger partial charge is 0.0505 e. The van der Waals surface area contributed by atoms with Crippen molar-refractivity contribution in [3.8, 4) is 0 Å². The summed E-state index contributed by atoms with van der Waals surface area (Å²) in [5.74, 6) is 0. The van der Waals surface area contributed by atoms with Gasteiger partial charge in [0, 0.05) is 37.2 Å². The van der Waals surface area contributed by atoms with Crippen molar-refractivity contribution < 1.29 is 0 Å². The summed E-state index contributed by atoms with van der Waals surface area (Å²) in [5, 5.41) is 5.61. The molecule has 0 spiro atoms. The molecule has 6 rings (SSSR count). The minimum Gasteiger partial charge on any atom is -0.310 e. The van der Waals surface area contributed by atoms with Gasteiger partial charge in [-0.05, 0) is 53.2 Å². The highest BCUT2D eigenvalue weighted by Crippen LogP contribution is 2.45. The highest BCUT2D eigenvalue weighted by Gasteiger charge is 2.16. The van der Waals surface area contributed by atoms with Gasteiger partial charge in [0.2, 0.25) is 0 Å². The van der Waals surface area contributed by atoms with Gasteiger partial charge in [0.1, 0.15) is 0 Å². The Morgan fingerprint density at radius 1 is 0.581 bits per heavy atom. The molecule has 1 aromatic heterocycles. The predicted molar refractivity (Wildman–Crippen MR) is 137 cm³/mol. The van der Waals surface area contributed by atoms with Crippen LogP contribution in [0.3, 0.4) is 0 Å². The van der Waals surface area contributed by atoms with Crippen LogP contribution < -0.4 is 4.90 Å². The van der Waals surface area contributed by atoms with Crippen molar-refractivity contribution in [1.82, 2.24) is 0 Å². The molecule has 1 nitrogen and oxygen atoms in total. The van der Waals surface area contributed by atoms with E-state index < -0.39 is 0 Å². The second-order valence-electron chi connectivity index (χ2n) is 7.57. The van der Waals surface area contributed by atoms with E-state index in [1.807, 2.05) is 11.3 Å². The molecule has 0 amide bonds. The molecule has 0 unspecified atom stereocenters. The van der Waals surface area contributed by atoms with Gasteiger partial charge in [0.25, 0.3) is 0 Å². The van der Waals surface area contributed by atoms with Crippen molar-refractivity contribution in [3.05, 3.63) is 114 Å². The van der Waals surface area contributed by atoms with Crippen molar-refractivity contribution in [2.75, 3.05) is 4.90 Å². The summed E-state index contributed by atoms with van der Waals surface area (Å²) in [4.78, 5) is 2.30. The number of para-hydroxylation sites is 2. The average molecular weight is 436 g/mol. The lowest BCUT2D eigenvalue weighted by Crippen LogP contribution is -2.09. The number of thiophene rings is 1. The third-order valence-corrected chi connectivity index (χ3v) is 7.17. The maximum Gasteiger partial charge on any atom is 0.0505 e. The highest BCUT2D eigenvalue weighted by atomic mass is 35.5. The van der Waals surface area contributed by atoms with Gasteiger partial charge in [-0.25, -0.2) is 0 Å². The van der Waals surface area contributed by atoms with Gasteiger partial charge in [-0.3, -0.25) is 0 Å². The Hall–Kier alpha value is -3.33. The minimum absolute atomic E-state index is 0.815. The van der Waals surface area contributed by atoms with E-state index in [1.54, 1.807) is 0 Å². The summed E-state index contributed by atoms with van der Waals surface area (Å²) in [5.41, 5.74) is 3.41. The summed E-state index contributed by atoms with van der Waals surface area (Å²) in [6, 6.07) is 38.2. The standard InChI is InChI=1S/C28H18ClNS/c29-25-17-19-9-7-8-14-23(19)28-27(25)24-16-15-22(18-26(24)31-28)30(20-10-3-1-4-11-20)21-12-5-2-6-13-21/h1-18H. The van der Waals surface area contributed by atoms with Gasteiger partial charge >= 0.3 is 0 Å². The molecule has 5 aromatic carbocycles. The van der Waals surface area contributed by atoms with Crippen LogP contribution in [0.25, 0.3) is 30.9 Å². The molecule has 31 heavy (non-hydrogen) atoms. The monoisotopic (exact) mass is 435 g/mol. The molecule has 0 fully saturated rings. The van der Waals surface area contributed by atoms with Gasteiger partial charge < -0.3 is 4.90 Å². The number of nitrogens with zero attached hydrogens (tertiary/aromatic N) is 1. The van der Waals surface area contributed by atoms with Crippen molar-refractivity contribution in [2.24, 2.45) is 0 Å². The number of hydrogen-bond donors (Lipinski definition) is 0. The first-order chi connectivity index (χ1) is 15.3. The zero-order chi connectivity index (χ0) is 20.8. The van der Waals surface area contributed by atoms with E-state index in [9.17, 15) is 0 Å². The first-order valence-electron chi connectivity index (χ1n) is 10.2. The Labute approximate surface area is 189 Å². The van der Waals surface area contributed by atoms with Crippen LogP contribution in [-0.2, 0) is 0 Å². The van der Waals surface area contributed by atoms with E-state index in [0.717, 1.165) is 27.5 Å². The molecular formula is C28H18ClNS. The van der Waals surface area contributed by atoms with E-state index in [2.05, 4.69) is 114 Å². The van der Waals surface area contributed by atoms with Crippen LogP contribution in [0.15, 0.2) is 109 Å². The largest absolute Gasteiger partial charge is 0.310 e. The SMILES string of the molecule is Clc1cc2ccccc2c2sc3cc(N(c4ccccc4)c4ccccc4)ccc3c12. The lowest BCUT2D eigenvalue weighted by molar-refractivity contribution is 1.29. The van der Waals surface area contributed by atoms with Crippen molar-refractivity contribution in [1.29, 1.82) is 0 Å². The van der Waals surface area contributed by atoms with E-state index >= 15 is 0 Å². The third kappa shape index (κ3) is 3.07. The Kier molecular flexibility index (Phi) is 4.41. The van der Waals surface area contributed by atoms with Gasteiger partial charge in [-0.1, -0.05) is 78.3 Å². The molecule has 0 saturated carbocycles. The van der Waals surface area contributed by atoms with E-state index in [1.165, 1.54) is 25.6 Å². The molecular weight excluding hydrogens is 418 g/mol. The highest BCUT2D eigenvalue weighted by molar-refractivity contribution is 7.26. The fourth-order valence-corrected chi connectivity index (χ4v) is 5.96. The maximum atomic E-state index is 6.75. The zero-order valence-corrected chi connectivity index (χ0v) is 18.2. The number of anilines is 3. The first kappa shape index (κ1) is 18.4. The molecule has 6 aromatic rings. The number of halogens is 1. The normalized spacial score (nSPS) is 11.4. The molecule has 0 N–H and O–H groups in total. The van der Waals surface area contributed by atoms with Crippen LogP contribution in [-0.4, -0.2) is 0 Å². The number of hydrogen-bond acceptors (Lipinski definition) is 2. The number of rotatable bonds is 3. The summed E-state index contributed by atoms with van der Waals surface area (Å²) in [6.45, 7) is 0. The zero-order valence-electron chi connectivity index (χ0n) is 16.6. The first-order valence-corrected chi connectivity index (χ1v) is 11.4. The number of fused-ring (bicyclic) bond motifs is 5. The molecule has 0 bridgehead atoms. The Morgan fingerprint density at radius 2 is 1.23 bits per heavy atom. The molecule has 3 heteroatoms. The van der Waals surface area contributed by atoms with Crippen LogP contribution >= 0.6 is 22.9 Å². The Balaban J connectivity index is 1.61. The Morgan fingerprint density at radius 3 is 1.94 bits per heavy atom. The summed E-state index contributed by atoms with van der Waals surface area (Å²) >= 11 is 8.56. The second-order valence-corrected chi connectivity index (χ2v) is 9.03. The van der Waals surface area contributed by atoms with Crippen LogP contribution in [0.5, 0.6) is 0 Å². The van der Waals surface area contributed by atoms with Crippen LogP contribution in [0, 0.1) is 0 Å². The van der Waals surface area contributed by atoms with Crippen LogP contribution in [0.4, 0.5) is 17.1 Å². The lowest BCUT2D eigenvalue weighted by Gasteiger charge is -2.25. The van der Waals surface area contributed by atoms with Crippen molar-refractivity contribution >= 4 is 70.9 Å². The van der Waals surface area contributed by atoms with E-state index in [0.29, 0.717) is 0 Å². The topological polar surface area (TPSA) is 3.24 Å². The van der Waals surface area contributed by atoms with Crippen molar-refractivity contribution in [3.63, 3.8) is 0 Å². The molecule has 0 aliphatic heterocycles. The van der Waals surface area contributed by atoms with Crippen LogP contribution in [0.2, 0.25) is 5.02 Å². The molecule has 0 aliphatic rings. The summed E-state index contributed by atoms with van der Waals surface area (Å²) in [7, 11) is 0. The minimum atomic E-state index is 0.815.